The first kappa shape index (κ1) is 25.5. The number of aromatic hydroxyl groups is 1. The number of nitrogens with one attached hydrogen (secondary N) is 1. The number of rotatable bonds is 8. The molecule has 1 aliphatic rings. The molecule has 5 nitrogen and oxygen atoms in total. The third-order valence-electron chi connectivity index (χ3n) is 6.88. The minimum Gasteiger partial charge on any atom is -0.508 e. The molecule has 1 aliphatic heterocycles. The SMILES string of the molecule is CCC(C(=O)N[C@H](CN1CCC(O)C1)c1ccc(O)cc1)(c1ccc(Cl)cc1)c1ccc(Cl)cc1. The molecule has 35 heavy (non-hydrogen) atoms. The number of amides is 1. The van der Waals surface area contributed by atoms with Gasteiger partial charge in [-0.1, -0.05) is 66.5 Å². The Hall–Kier alpha value is -2.57. The van der Waals surface area contributed by atoms with Crippen LogP contribution in [0.4, 0.5) is 0 Å². The van der Waals surface area contributed by atoms with Crippen molar-refractivity contribution in [1.82, 2.24) is 10.2 Å². The van der Waals surface area contributed by atoms with Gasteiger partial charge in [0.05, 0.1) is 17.6 Å². The first-order valence-corrected chi connectivity index (χ1v) is 12.6. The summed E-state index contributed by atoms with van der Waals surface area (Å²) >= 11 is 12.3. The molecular formula is C28H30Cl2N2O3. The third-order valence-corrected chi connectivity index (χ3v) is 7.38. The predicted octanol–water partition coefficient (Wildman–Crippen LogP) is 5.32. The van der Waals surface area contributed by atoms with E-state index in [1.807, 2.05) is 43.3 Å². The molecule has 3 aromatic carbocycles. The number of benzene rings is 3. The molecule has 7 heteroatoms. The van der Waals surface area contributed by atoms with Crippen LogP contribution in [0.25, 0.3) is 0 Å². The lowest BCUT2D eigenvalue weighted by molar-refractivity contribution is -0.126. The van der Waals surface area contributed by atoms with Gasteiger partial charge in [0.2, 0.25) is 5.91 Å². The summed E-state index contributed by atoms with van der Waals surface area (Å²) in [7, 11) is 0. The van der Waals surface area contributed by atoms with Gasteiger partial charge < -0.3 is 15.5 Å². The van der Waals surface area contributed by atoms with Gasteiger partial charge in [-0.05, 0) is 65.9 Å². The first-order chi connectivity index (χ1) is 16.8. The normalized spacial score (nSPS) is 17.3. The largest absolute Gasteiger partial charge is 0.508 e. The van der Waals surface area contributed by atoms with E-state index in [9.17, 15) is 15.0 Å². The van der Waals surface area contributed by atoms with Crippen LogP contribution in [0.1, 0.15) is 42.5 Å². The summed E-state index contributed by atoms with van der Waals surface area (Å²) in [6.45, 7) is 3.88. The molecule has 1 fully saturated rings. The molecule has 0 aliphatic carbocycles. The van der Waals surface area contributed by atoms with E-state index in [1.165, 1.54) is 0 Å². The van der Waals surface area contributed by atoms with Gasteiger partial charge in [0.1, 0.15) is 5.75 Å². The van der Waals surface area contributed by atoms with Crippen LogP contribution in [0.3, 0.4) is 0 Å². The molecule has 1 heterocycles. The second kappa shape index (κ2) is 11.0. The number of phenols is 1. The van der Waals surface area contributed by atoms with Gasteiger partial charge in [-0.25, -0.2) is 0 Å². The summed E-state index contributed by atoms with van der Waals surface area (Å²) in [6, 6.07) is 21.3. The summed E-state index contributed by atoms with van der Waals surface area (Å²) < 4.78 is 0. The molecule has 1 saturated heterocycles. The molecule has 0 bridgehead atoms. The number of hydrogen-bond donors (Lipinski definition) is 3. The molecule has 3 aromatic rings. The van der Waals surface area contributed by atoms with Crippen molar-refractivity contribution in [3.63, 3.8) is 0 Å². The smallest absolute Gasteiger partial charge is 0.235 e. The van der Waals surface area contributed by atoms with Gasteiger partial charge in [-0.3, -0.25) is 9.69 Å². The number of likely N-dealkylation sites (tertiary alicyclic amines) is 1. The van der Waals surface area contributed by atoms with Crippen molar-refractivity contribution >= 4 is 29.1 Å². The maximum absolute atomic E-state index is 14.3. The molecule has 1 amide bonds. The number of phenolic OH excluding ortho intramolecular Hbond substituents is 1. The summed E-state index contributed by atoms with van der Waals surface area (Å²) in [4.78, 5) is 16.4. The summed E-state index contributed by atoms with van der Waals surface area (Å²) in [6.07, 6.45) is 0.876. The maximum atomic E-state index is 14.3. The Morgan fingerprint density at radius 2 is 1.54 bits per heavy atom. The van der Waals surface area contributed by atoms with Crippen molar-refractivity contribution in [3.05, 3.63) is 99.5 Å². The van der Waals surface area contributed by atoms with E-state index in [0.717, 1.165) is 23.2 Å². The van der Waals surface area contributed by atoms with Gasteiger partial charge in [0, 0.05) is 29.7 Å². The summed E-state index contributed by atoms with van der Waals surface area (Å²) in [5.74, 6) is 0.0307. The predicted molar refractivity (Wildman–Crippen MR) is 140 cm³/mol. The van der Waals surface area contributed by atoms with Crippen molar-refractivity contribution in [2.24, 2.45) is 0 Å². The van der Waals surface area contributed by atoms with Crippen molar-refractivity contribution in [3.8, 4) is 5.75 Å². The lowest BCUT2D eigenvalue weighted by Crippen LogP contribution is -2.48. The van der Waals surface area contributed by atoms with Gasteiger partial charge in [0.25, 0.3) is 0 Å². The van der Waals surface area contributed by atoms with E-state index in [-0.39, 0.29) is 23.8 Å². The molecular weight excluding hydrogens is 483 g/mol. The number of aliphatic hydroxyl groups excluding tert-OH is 1. The maximum Gasteiger partial charge on any atom is 0.235 e. The molecule has 3 N–H and O–H groups in total. The van der Waals surface area contributed by atoms with E-state index in [4.69, 9.17) is 23.2 Å². The van der Waals surface area contributed by atoms with Crippen molar-refractivity contribution < 1.29 is 15.0 Å². The van der Waals surface area contributed by atoms with E-state index in [2.05, 4.69) is 10.2 Å². The fourth-order valence-electron chi connectivity index (χ4n) is 4.93. The molecule has 2 atom stereocenters. The van der Waals surface area contributed by atoms with Crippen LogP contribution in [0.2, 0.25) is 10.0 Å². The van der Waals surface area contributed by atoms with Crippen LogP contribution in [-0.2, 0) is 10.2 Å². The number of nitrogens with zero attached hydrogens (tertiary/aromatic N) is 1. The van der Waals surface area contributed by atoms with E-state index in [1.54, 1.807) is 36.4 Å². The fraction of sp³-hybridized carbons (Fsp3) is 0.321. The van der Waals surface area contributed by atoms with Gasteiger partial charge in [0.15, 0.2) is 0 Å². The zero-order valence-corrected chi connectivity index (χ0v) is 21.1. The highest BCUT2D eigenvalue weighted by Gasteiger charge is 2.41. The van der Waals surface area contributed by atoms with Crippen molar-refractivity contribution in [1.29, 1.82) is 0 Å². The van der Waals surface area contributed by atoms with Crippen LogP contribution < -0.4 is 5.32 Å². The van der Waals surface area contributed by atoms with Crippen LogP contribution >= 0.6 is 23.2 Å². The van der Waals surface area contributed by atoms with E-state index < -0.39 is 5.41 Å². The molecule has 4 rings (SSSR count). The standard InChI is InChI=1S/C28H30Cl2N2O3/c1-2-28(20-5-9-22(29)10-6-20,21-7-11-23(30)12-8-21)27(35)31-26(18-32-16-15-25(34)17-32)19-3-13-24(33)14-4-19/h3-14,25-26,33-34H,2,15-18H2,1H3,(H,31,35)/t25?,26-/m1/s1. The average Bonchev–Trinajstić information content (AvgIpc) is 3.26. The van der Waals surface area contributed by atoms with Crippen molar-refractivity contribution in [2.45, 2.75) is 37.3 Å². The van der Waals surface area contributed by atoms with Crippen LogP contribution in [-0.4, -0.2) is 46.8 Å². The lowest BCUT2D eigenvalue weighted by Gasteiger charge is -2.35. The minimum atomic E-state index is -0.963. The Labute approximate surface area is 216 Å². The molecule has 0 spiro atoms. The molecule has 0 aromatic heterocycles. The number of hydrogen-bond acceptors (Lipinski definition) is 4. The van der Waals surface area contributed by atoms with E-state index >= 15 is 0 Å². The third kappa shape index (κ3) is 5.65. The Morgan fingerprint density at radius 3 is 2.00 bits per heavy atom. The number of carbonyl (C=O) groups excluding carboxylic acids is 1. The van der Waals surface area contributed by atoms with Crippen LogP contribution in [0.5, 0.6) is 5.75 Å². The topological polar surface area (TPSA) is 72.8 Å². The molecule has 184 valence electrons. The van der Waals surface area contributed by atoms with Gasteiger partial charge in [-0.15, -0.1) is 0 Å². The summed E-state index contributed by atoms with van der Waals surface area (Å²) in [5.41, 5.74) is 1.60. The van der Waals surface area contributed by atoms with Gasteiger partial charge >= 0.3 is 0 Å². The molecule has 1 unspecified atom stereocenters. The second-order valence-electron chi connectivity index (χ2n) is 9.09. The minimum absolute atomic E-state index is 0.137. The Bertz CT molecular complexity index is 1090. The van der Waals surface area contributed by atoms with Crippen molar-refractivity contribution in [2.75, 3.05) is 19.6 Å². The number of carbonyl (C=O) groups is 1. The van der Waals surface area contributed by atoms with E-state index in [0.29, 0.717) is 36.0 Å². The number of halogens is 2. The molecule has 0 saturated carbocycles. The number of β-amino-alcohol motifs (C(OH)–C–C–N with tert-alkyl or cyclic N) is 1. The van der Waals surface area contributed by atoms with Crippen LogP contribution in [0.15, 0.2) is 72.8 Å². The molecule has 0 radical (unpaired) electrons. The first-order valence-electron chi connectivity index (χ1n) is 11.8. The second-order valence-corrected chi connectivity index (χ2v) is 9.97. The summed E-state index contributed by atoms with van der Waals surface area (Å²) in [5, 5.41) is 24.3. The Morgan fingerprint density at radius 1 is 1.00 bits per heavy atom. The Kier molecular flexibility index (Phi) is 8.02. The fourth-order valence-corrected chi connectivity index (χ4v) is 5.18. The van der Waals surface area contributed by atoms with Gasteiger partial charge in [-0.2, -0.15) is 0 Å². The average molecular weight is 513 g/mol. The quantitative estimate of drug-likeness (QED) is 0.381. The number of aliphatic hydroxyl groups is 1. The highest BCUT2D eigenvalue weighted by atomic mass is 35.5. The highest BCUT2D eigenvalue weighted by Crippen LogP contribution is 2.38. The lowest BCUT2D eigenvalue weighted by atomic mass is 9.71. The monoisotopic (exact) mass is 512 g/mol. The highest BCUT2D eigenvalue weighted by molar-refractivity contribution is 6.30. The zero-order chi connectivity index (χ0) is 25.0. The zero-order valence-electron chi connectivity index (χ0n) is 19.6. The van der Waals surface area contributed by atoms with Crippen LogP contribution in [0, 0.1) is 0 Å². The Balaban J connectivity index is 1.73.